The highest BCUT2D eigenvalue weighted by Crippen LogP contribution is 2.51. The molecule has 16 heavy (non-hydrogen) atoms. The first kappa shape index (κ1) is 11.6. The number of rotatable bonds is 1. The van der Waals surface area contributed by atoms with Crippen molar-refractivity contribution in [1.82, 2.24) is 0 Å². The highest BCUT2D eigenvalue weighted by Gasteiger charge is 2.44. The maximum absolute atomic E-state index is 11.5. The minimum Gasteiger partial charge on any atom is -0.300 e. The van der Waals surface area contributed by atoms with Gasteiger partial charge in [-0.05, 0) is 43.6 Å². The zero-order chi connectivity index (χ0) is 11.9. The predicted molar refractivity (Wildman–Crippen MR) is 63.0 cm³/mol. The largest absolute Gasteiger partial charge is 0.300 e. The summed E-state index contributed by atoms with van der Waals surface area (Å²) in [5.41, 5.74) is 1.37. The van der Waals surface area contributed by atoms with Crippen LogP contribution < -0.4 is 0 Å². The third-order valence-corrected chi connectivity index (χ3v) is 4.67. The Morgan fingerprint density at radius 1 is 1.50 bits per heavy atom. The van der Waals surface area contributed by atoms with Gasteiger partial charge in [-0.3, -0.25) is 9.59 Å². The lowest BCUT2D eigenvalue weighted by molar-refractivity contribution is -0.123. The van der Waals surface area contributed by atoms with Crippen LogP contribution in [0.4, 0.5) is 0 Å². The van der Waals surface area contributed by atoms with Gasteiger partial charge in [-0.2, -0.15) is 0 Å². The molecule has 0 unspecified atom stereocenters. The summed E-state index contributed by atoms with van der Waals surface area (Å²) in [6.45, 7) is 6.07. The molecule has 0 N–H and O–H groups in total. The van der Waals surface area contributed by atoms with Crippen LogP contribution in [0, 0.1) is 17.3 Å². The van der Waals surface area contributed by atoms with Gasteiger partial charge in [0, 0.05) is 12.3 Å². The molecule has 0 aromatic heterocycles. The summed E-state index contributed by atoms with van der Waals surface area (Å²) in [7, 11) is 0. The van der Waals surface area contributed by atoms with Gasteiger partial charge in [0.25, 0.3) is 0 Å². The maximum Gasteiger partial charge on any atom is 0.155 e. The van der Waals surface area contributed by atoms with Crippen LogP contribution in [0.5, 0.6) is 0 Å². The normalized spacial score (nSPS) is 38.9. The van der Waals surface area contributed by atoms with Crippen molar-refractivity contribution in [2.75, 3.05) is 0 Å². The van der Waals surface area contributed by atoms with E-state index in [1.165, 1.54) is 5.57 Å². The van der Waals surface area contributed by atoms with Gasteiger partial charge in [-0.1, -0.05) is 19.4 Å². The molecular weight excluding hydrogens is 200 g/mol. The fraction of sp³-hybridized carbons (Fsp3) is 0.714. The Bertz CT molecular complexity index is 367. The summed E-state index contributed by atoms with van der Waals surface area (Å²) in [5.74, 6) is 1.16. The lowest BCUT2D eigenvalue weighted by Gasteiger charge is -2.46. The number of carbonyl (C=O) groups excluding carboxylic acids is 2. The summed E-state index contributed by atoms with van der Waals surface area (Å²) in [4.78, 5) is 23.0. The Morgan fingerprint density at radius 3 is 2.81 bits per heavy atom. The number of ketones is 2. The van der Waals surface area contributed by atoms with Crippen LogP contribution in [-0.4, -0.2) is 11.6 Å². The van der Waals surface area contributed by atoms with Gasteiger partial charge in [0.1, 0.15) is 5.78 Å². The second-order valence-electron chi connectivity index (χ2n) is 5.71. The van der Waals surface area contributed by atoms with Crippen LogP contribution in [0.2, 0.25) is 0 Å². The molecule has 0 radical (unpaired) electrons. The quantitative estimate of drug-likeness (QED) is 0.681. The number of carbonyl (C=O) groups is 2. The smallest absolute Gasteiger partial charge is 0.155 e. The monoisotopic (exact) mass is 220 g/mol. The summed E-state index contributed by atoms with van der Waals surface area (Å²) in [6.07, 6.45) is 5.27. The lowest BCUT2D eigenvalue weighted by atomic mass is 9.58. The van der Waals surface area contributed by atoms with Crippen LogP contribution in [0.25, 0.3) is 0 Å². The van der Waals surface area contributed by atoms with Gasteiger partial charge >= 0.3 is 0 Å². The Kier molecular flexibility index (Phi) is 2.77. The van der Waals surface area contributed by atoms with Crippen molar-refractivity contribution >= 4 is 11.6 Å². The van der Waals surface area contributed by atoms with Gasteiger partial charge in [0.05, 0.1) is 0 Å². The number of fused-ring (bicyclic) bond motifs is 1. The van der Waals surface area contributed by atoms with Gasteiger partial charge in [0.2, 0.25) is 0 Å². The van der Waals surface area contributed by atoms with Gasteiger partial charge in [-0.15, -0.1) is 0 Å². The van der Waals surface area contributed by atoms with E-state index in [0.29, 0.717) is 18.1 Å². The van der Waals surface area contributed by atoms with Crippen LogP contribution in [0.1, 0.15) is 46.5 Å². The van der Waals surface area contributed by atoms with Crippen molar-refractivity contribution in [1.29, 1.82) is 0 Å². The van der Waals surface area contributed by atoms with Crippen molar-refractivity contribution in [2.45, 2.75) is 46.5 Å². The summed E-state index contributed by atoms with van der Waals surface area (Å²) < 4.78 is 0. The van der Waals surface area contributed by atoms with Crippen LogP contribution in [-0.2, 0) is 9.59 Å². The molecule has 2 rings (SSSR count). The molecule has 0 aliphatic heterocycles. The lowest BCUT2D eigenvalue weighted by Crippen LogP contribution is -2.39. The van der Waals surface area contributed by atoms with Crippen LogP contribution in [0.3, 0.4) is 0 Å². The average molecular weight is 220 g/mol. The maximum atomic E-state index is 11.5. The molecule has 0 spiro atoms. The zero-order valence-corrected chi connectivity index (χ0v) is 10.4. The number of Topliss-reactive ketones (excluding diaryl/α,β-unsaturated/α-hetero) is 1. The van der Waals surface area contributed by atoms with Crippen molar-refractivity contribution in [2.24, 2.45) is 17.3 Å². The van der Waals surface area contributed by atoms with Crippen molar-refractivity contribution < 1.29 is 9.59 Å². The van der Waals surface area contributed by atoms with E-state index in [0.717, 1.165) is 19.3 Å². The molecule has 0 bridgehead atoms. The minimum atomic E-state index is 0.0858. The molecule has 2 aliphatic rings. The highest BCUT2D eigenvalue weighted by molar-refractivity contribution is 5.92. The summed E-state index contributed by atoms with van der Waals surface area (Å²) >= 11 is 0. The van der Waals surface area contributed by atoms with Gasteiger partial charge in [0.15, 0.2) is 5.78 Å². The first-order valence-corrected chi connectivity index (χ1v) is 6.18. The molecule has 0 aromatic carbocycles. The molecule has 0 amide bonds. The molecule has 0 aromatic rings. The Balaban J connectivity index is 2.30. The van der Waals surface area contributed by atoms with E-state index in [1.54, 1.807) is 6.92 Å². The third kappa shape index (κ3) is 1.74. The predicted octanol–water partition coefficient (Wildman–Crippen LogP) is 2.92. The summed E-state index contributed by atoms with van der Waals surface area (Å²) in [6, 6.07) is 0. The third-order valence-electron chi connectivity index (χ3n) is 4.67. The second kappa shape index (κ2) is 3.83. The van der Waals surface area contributed by atoms with Gasteiger partial charge in [-0.25, -0.2) is 0 Å². The summed E-state index contributed by atoms with van der Waals surface area (Å²) in [5, 5.41) is 0. The van der Waals surface area contributed by atoms with E-state index in [9.17, 15) is 9.59 Å². The molecule has 1 saturated carbocycles. The standard InChI is InChI=1S/C14H20O2/c1-9-6-13(16)7-12-5-4-11(10(2)15)8-14(9,12)3/h7,9,11H,4-6,8H2,1-3H3/t9-,11+,14+/m0/s1. The van der Waals surface area contributed by atoms with E-state index in [4.69, 9.17) is 0 Å². The van der Waals surface area contributed by atoms with E-state index in [-0.39, 0.29) is 17.1 Å². The fourth-order valence-corrected chi connectivity index (χ4v) is 3.24. The van der Waals surface area contributed by atoms with E-state index in [2.05, 4.69) is 13.8 Å². The molecule has 0 saturated heterocycles. The SMILES string of the molecule is CC(=O)[C@@H]1CCC2=CC(=O)C[C@H](C)[C@@]2(C)C1. The van der Waals surface area contributed by atoms with Gasteiger partial charge < -0.3 is 0 Å². The van der Waals surface area contributed by atoms with E-state index >= 15 is 0 Å². The fourth-order valence-electron chi connectivity index (χ4n) is 3.24. The van der Waals surface area contributed by atoms with E-state index in [1.807, 2.05) is 6.08 Å². The first-order valence-electron chi connectivity index (χ1n) is 6.18. The second-order valence-corrected chi connectivity index (χ2v) is 5.71. The van der Waals surface area contributed by atoms with Crippen molar-refractivity contribution in [3.63, 3.8) is 0 Å². The number of hydrogen-bond donors (Lipinski definition) is 0. The van der Waals surface area contributed by atoms with Crippen LogP contribution >= 0.6 is 0 Å². The zero-order valence-electron chi connectivity index (χ0n) is 10.4. The van der Waals surface area contributed by atoms with E-state index < -0.39 is 0 Å². The van der Waals surface area contributed by atoms with Crippen molar-refractivity contribution in [3.8, 4) is 0 Å². The highest BCUT2D eigenvalue weighted by atomic mass is 16.1. The average Bonchev–Trinajstić information content (AvgIpc) is 2.19. The Hall–Kier alpha value is -0.920. The molecule has 0 heterocycles. The number of hydrogen-bond acceptors (Lipinski definition) is 2. The molecular formula is C14H20O2. The topological polar surface area (TPSA) is 34.1 Å². The Morgan fingerprint density at radius 2 is 2.19 bits per heavy atom. The molecule has 2 heteroatoms. The number of allylic oxidation sites excluding steroid dienone is 2. The van der Waals surface area contributed by atoms with Crippen LogP contribution in [0.15, 0.2) is 11.6 Å². The first-order chi connectivity index (χ1) is 7.43. The molecule has 88 valence electrons. The molecule has 2 nitrogen and oxygen atoms in total. The molecule has 2 aliphatic carbocycles. The Labute approximate surface area is 97.1 Å². The molecule has 3 atom stereocenters. The minimum absolute atomic E-state index is 0.0858. The van der Waals surface area contributed by atoms with Crippen molar-refractivity contribution in [3.05, 3.63) is 11.6 Å². The molecule has 1 fully saturated rings.